The van der Waals surface area contributed by atoms with Crippen LogP contribution in [0.25, 0.3) is 5.70 Å². The molecule has 0 bridgehead atoms. The number of nitrogens with zero attached hydrogens (tertiary/aromatic N) is 1. The van der Waals surface area contributed by atoms with E-state index in [0.717, 1.165) is 33.2 Å². The highest BCUT2D eigenvalue weighted by atomic mass is 35.5. The van der Waals surface area contributed by atoms with Crippen molar-refractivity contribution in [3.8, 4) is 0 Å². The second-order valence-electron chi connectivity index (χ2n) is 5.91. The molecule has 0 fully saturated rings. The predicted molar refractivity (Wildman–Crippen MR) is 105 cm³/mol. The van der Waals surface area contributed by atoms with E-state index < -0.39 is 0 Å². The van der Waals surface area contributed by atoms with E-state index in [0.29, 0.717) is 0 Å². The molecule has 3 heteroatoms. The van der Waals surface area contributed by atoms with E-state index in [1.807, 2.05) is 54.6 Å². The van der Waals surface area contributed by atoms with Crippen LogP contribution >= 0.6 is 11.6 Å². The van der Waals surface area contributed by atoms with Gasteiger partial charge < -0.3 is 5.32 Å². The summed E-state index contributed by atoms with van der Waals surface area (Å²) in [6.07, 6.45) is 2.15. The smallest absolute Gasteiger partial charge is 0.133 e. The fourth-order valence-electron chi connectivity index (χ4n) is 2.92. The van der Waals surface area contributed by atoms with Crippen LogP contribution in [0.5, 0.6) is 0 Å². The van der Waals surface area contributed by atoms with E-state index in [1.165, 1.54) is 0 Å². The van der Waals surface area contributed by atoms with Gasteiger partial charge in [0.1, 0.15) is 5.84 Å². The molecule has 1 unspecified atom stereocenters. The van der Waals surface area contributed by atoms with Gasteiger partial charge in [-0.3, -0.25) is 4.99 Å². The highest BCUT2D eigenvalue weighted by molar-refractivity contribution is 6.30. The summed E-state index contributed by atoms with van der Waals surface area (Å²) in [7, 11) is 0. The molecule has 0 aromatic heterocycles. The van der Waals surface area contributed by atoms with E-state index in [4.69, 9.17) is 16.6 Å². The second-order valence-corrected chi connectivity index (χ2v) is 6.35. The summed E-state index contributed by atoms with van der Waals surface area (Å²) >= 11 is 6.19. The minimum Gasteiger partial charge on any atom is -0.340 e. The largest absolute Gasteiger partial charge is 0.340 e. The van der Waals surface area contributed by atoms with Crippen LogP contribution in [0, 0.1) is 0 Å². The van der Waals surface area contributed by atoms with E-state index in [2.05, 4.69) is 41.7 Å². The van der Waals surface area contributed by atoms with Crippen molar-refractivity contribution in [2.75, 3.05) is 0 Å². The molecular weight excluding hydrogens is 328 g/mol. The standard InChI is InChI=1S/C22H17ClN2/c23-19-13-7-12-18(14-19)21-15-20(16-8-3-1-4-9-16)24-22(25-21)17-10-5-2-6-11-17/h1-15,20H,(H,24,25). The molecule has 0 amide bonds. The van der Waals surface area contributed by atoms with Crippen molar-refractivity contribution in [3.63, 3.8) is 0 Å². The van der Waals surface area contributed by atoms with Crippen LogP contribution in [-0.4, -0.2) is 5.84 Å². The first kappa shape index (κ1) is 15.7. The number of hydrogen-bond donors (Lipinski definition) is 1. The van der Waals surface area contributed by atoms with E-state index in [1.54, 1.807) is 0 Å². The van der Waals surface area contributed by atoms with Gasteiger partial charge in [0.25, 0.3) is 0 Å². The van der Waals surface area contributed by atoms with Gasteiger partial charge in [-0.1, -0.05) is 84.4 Å². The van der Waals surface area contributed by atoms with Crippen LogP contribution < -0.4 is 5.32 Å². The SMILES string of the molecule is Clc1cccc(C2=CC(c3ccccc3)N=C(c3ccccc3)N2)c1. The normalized spacial score (nSPS) is 16.6. The molecule has 2 nitrogen and oxygen atoms in total. The molecule has 122 valence electrons. The van der Waals surface area contributed by atoms with Gasteiger partial charge in [0, 0.05) is 16.3 Å². The monoisotopic (exact) mass is 344 g/mol. The summed E-state index contributed by atoms with van der Waals surface area (Å²) in [5, 5.41) is 4.19. The number of aliphatic imine (C=N–C) groups is 1. The molecule has 0 spiro atoms. The third-order valence-corrected chi connectivity index (χ3v) is 4.40. The lowest BCUT2D eigenvalue weighted by Gasteiger charge is -2.23. The van der Waals surface area contributed by atoms with Gasteiger partial charge >= 0.3 is 0 Å². The molecule has 3 aromatic rings. The zero-order valence-electron chi connectivity index (χ0n) is 13.6. The van der Waals surface area contributed by atoms with Gasteiger partial charge in [-0.2, -0.15) is 0 Å². The summed E-state index contributed by atoms with van der Waals surface area (Å²) in [5.74, 6) is 0.868. The average molecular weight is 345 g/mol. The first-order chi connectivity index (χ1) is 12.3. The van der Waals surface area contributed by atoms with Crippen molar-refractivity contribution in [1.82, 2.24) is 5.32 Å². The Morgan fingerprint density at radius 1 is 0.760 bits per heavy atom. The fraction of sp³-hybridized carbons (Fsp3) is 0.0455. The van der Waals surface area contributed by atoms with E-state index >= 15 is 0 Å². The summed E-state index contributed by atoms with van der Waals surface area (Å²) in [4.78, 5) is 4.92. The molecule has 0 saturated heterocycles. The van der Waals surface area contributed by atoms with E-state index in [9.17, 15) is 0 Å². The van der Waals surface area contributed by atoms with Crippen molar-refractivity contribution in [2.45, 2.75) is 6.04 Å². The summed E-state index contributed by atoms with van der Waals surface area (Å²) in [6.45, 7) is 0. The van der Waals surface area contributed by atoms with Crippen LogP contribution in [0.2, 0.25) is 5.02 Å². The molecule has 1 aliphatic heterocycles. The number of halogens is 1. The molecule has 1 heterocycles. The van der Waals surface area contributed by atoms with Gasteiger partial charge in [0.15, 0.2) is 0 Å². The Labute approximate surface area is 152 Å². The van der Waals surface area contributed by atoms with Crippen molar-refractivity contribution in [1.29, 1.82) is 0 Å². The highest BCUT2D eigenvalue weighted by Crippen LogP contribution is 2.28. The maximum Gasteiger partial charge on any atom is 0.133 e. The lowest BCUT2D eigenvalue weighted by molar-refractivity contribution is 0.880. The van der Waals surface area contributed by atoms with Crippen LogP contribution in [0.15, 0.2) is 96.0 Å². The Morgan fingerprint density at radius 2 is 1.44 bits per heavy atom. The van der Waals surface area contributed by atoms with Crippen LogP contribution in [0.3, 0.4) is 0 Å². The summed E-state index contributed by atoms with van der Waals surface area (Å²) in [5.41, 5.74) is 4.30. The number of amidine groups is 1. The molecule has 4 rings (SSSR count). The second kappa shape index (κ2) is 6.96. The maximum atomic E-state index is 6.19. The van der Waals surface area contributed by atoms with Crippen molar-refractivity contribution in [3.05, 3.63) is 113 Å². The summed E-state index contributed by atoms with van der Waals surface area (Å²) in [6, 6.07) is 28.3. The number of rotatable bonds is 3. The molecule has 0 saturated carbocycles. The van der Waals surface area contributed by atoms with E-state index in [-0.39, 0.29) is 6.04 Å². The van der Waals surface area contributed by atoms with Gasteiger partial charge in [-0.25, -0.2) is 0 Å². The quantitative estimate of drug-likeness (QED) is 0.669. The Balaban J connectivity index is 1.79. The third kappa shape index (κ3) is 3.49. The summed E-state index contributed by atoms with van der Waals surface area (Å²) < 4.78 is 0. The Bertz CT molecular complexity index is 931. The molecule has 25 heavy (non-hydrogen) atoms. The Kier molecular flexibility index (Phi) is 4.36. The van der Waals surface area contributed by atoms with Gasteiger partial charge in [0.05, 0.1) is 6.04 Å². The zero-order chi connectivity index (χ0) is 17.1. The molecule has 1 atom stereocenters. The topological polar surface area (TPSA) is 24.4 Å². The van der Waals surface area contributed by atoms with Gasteiger partial charge in [-0.05, 0) is 29.3 Å². The van der Waals surface area contributed by atoms with Gasteiger partial charge in [0.2, 0.25) is 0 Å². The fourth-order valence-corrected chi connectivity index (χ4v) is 3.11. The number of benzene rings is 3. The highest BCUT2D eigenvalue weighted by Gasteiger charge is 2.19. The first-order valence-electron chi connectivity index (χ1n) is 8.22. The minimum atomic E-state index is -0.0355. The zero-order valence-corrected chi connectivity index (χ0v) is 14.3. The first-order valence-corrected chi connectivity index (χ1v) is 8.60. The molecule has 1 aliphatic rings. The number of hydrogen-bond acceptors (Lipinski definition) is 2. The molecule has 0 radical (unpaired) electrons. The molecular formula is C22H17ClN2. The van der Waals surface area contributed by atoms with Crippen molar-refractivity contribution in [2.24, 2.45) is 4.99 Å². The van der Waals surface area contributed by atoms with Crippen molar-refractivity contribution >= 4 is 23.1 Å². The Morgan fingerprint density at radius 3 is 2.16 bits per heavy atom. The molecule has 0 aliphatic carbocycles. The third-order valence-electron chi connectivity index (χ3n) is 4.17. The lowest BCUT2D eigenvalue weighted by atomic mass is 10.0. The van der Waals surface area contributed by atoms with Crippen LogP contribution in [0.4, 0.5) is 0 Å². The van der Waals surface area contributed by atoms with Gasteiger partial charge in [-0.15, -0.1) is 0 Å². The predicted octanol–water partition coefficient (Wildman–Crippen LogP) is 5.47. The maximum absolute atomic E-state index is 6.19. The van der Waals surface area contributed by atoms with Crippen LogP contribution in [-0.2, 0) is 0 Å². The van der Waals surface area contributed by atoms with Crippen LogP contribution in [0.1, 0.15) is 22.7 Å². The minimum absolute atomic E-state index is 0.0355. The average Bonchev–Trinajstić information content (AvgIpc) is 2.69. The lowest BCUT2D eigenvalue weighted by Crippen LogP contribution is -2.27. The number of nitrogens with one attached hydrogen (secondary N) is 1. The molecule has 3 aromatic carbocycles. The molecule has 1 N–H and O–H groups in total. The van der Waals surface area contributed by atoms with Crippen molar-refractivity contribution < 1.29 is 0 Å². The Hall–Kier alpha value is -2.84.